The molecule has 2 rings (SSSR count). The second kappa shape index (κ2) is 9.42. The van der Waals surface area contributed by atoms with E-state index < -0.39 is 0 Å². The number of ether oxygens (including phenoxy) is 2. The van der Waals surface area contributed by atoms with E-state index in [4.69, 9.17) is 15.9 Å². The van der Waals surface area contributed by atoms with Gasteiger partial charge in [0.15, 0.2) is 17.5 Å². The van der Waals surface area contributed by atoms with Crippen LogP contribution in [0.5, 0.6) is 11.5 Å². The van der Waals surface area contributed by atoms with Crippen molar-refractivity contribution in [2.75, 3.05) is 27.8 Å². The summed E-state index contributed by atoms with van der Waals surface area (Å²) in [7, 11) is 7.43. The Morgan fingerprint density at radius 1 is 1.35 bits per heavy atom. The summed E-state index contributed by atoms with van der Waals surface area (Å²) < 4.78 is 13.0. The average molecular weight is 354 g/mol. The minimum absolute atomic E-state index is 0.203. The van der Waals surface area contributed by atoms with Crippen LogP contribution in [0.25, 0.3) is 0 Å². The highest BCUT2D eigenvalue weighted by molar-refractivity contribution is 5.79. The smallest absolute Gasteiger partial charge is 0.194 e. The highest BCUT2D eigenvalue weighted by Gasteiger charge is 2.10. The first-order chi connectivity index (χ1) is 12.6. The Labute approximate surface area is 155 Å². The topological polar surface area (TPSA) is 51.0 Å². The molecule has 0 aliphatic rings. The van der Waals surface area contributed by atoms with Crippen LogP contribution in [0.15, 0.2) is 41.5 Å². The number of methoxy groups -OCH3 is 1. The van der Waals surface area contributed by atoms with Gasteiger partial charge in [-0.05, 0) is 29.8 Å². The van der Waals surface area contributed by atoms with E-state index in [9.17, 15) is 0 Å². The summed E-state index contributed by atoms with van der Waals surface area (Å²) in [5.74, 6) is 4.58. The van der Waals surface area contributed by atoms with Crippen molar-refractivity contribution in [3.63, 3.8) is 0 Å². The van der Waals surface area contributed by atoms with Gasteiger partial charge in [-0.3, -0.25) is 4.99 Å². The van der Waals surface area contributed by atoms with E-state index >= 15 is 0 Å². The van der Waals surface area contributed by atoms with Gasteiger partial charge in [0.1, 0.15) is 6.61 Å². The van der Waals surface area contributed by atoms with Gasteiger partial charge in [-0.25, -0.2) is 0 Å². The summed E-state index contributed by atoms with van der Waals surface area (Å²) in [6.07, 6.45) is 7.31. The van der Waals surface area contributed by atoms with Gasteiger partial charge < -0.3 is 24.3 Å². The van der Waals surface area contributed by atoms with Crippen molar-refractivity contribution in [1.29, 1.82) is 0 Å². The highest BCUT2D eigenvalue weighted by Crippen LogP contribution is 2.28. The molecule has 0 aliphatic carbocycles. The summed E-state index contributed by atoms with van der Waals surface area (Å²) in [5, 5.41) is 3.37. The molecule has 0 aliphatic heterocycles. The molecule has 0 saturated carbocycles. The Kier molecular flexibility index (Phi) is 6.98. The zero-order chi connectivity index (χ0) is 18.9. The molecule has 0 bridgehead atoms. The fourth-order valence-electron chi connectivity index (χ4n) is 2.61. The summed E-state index contributed by atoms with van der Waals surface area (Å²) in [5.41, 5.74) is 2.26. The van der Waals surface area contributed by atoms with Gasteiger partial charge in [0.05, 0.1) is 13.7 Å². The Bertz CT molecular complexity index is 789. The number of guanidine groups is 1. The Morgan fingerprint density at radius 2 is 2.15 bits per heavy atom. The Balaban J connectivity index is 2.01. The van der Waals surface area contributed by atoms with Crippen molar-refractivity contribution in [1.82, 2.24) is 14.8 Å². The van der Waals surface area contributed by atoms with Gasteiger partial charge in [0, 0.05) is 39.6 Å². The molecular weight excluding hydrogens is 328 g/mol. The molecule has 2 aromatic rings. The molecule has 26 heavy (non-hydrogen) atoms. The molecule has 138 valence electrons. The quantitative estimate of drug-likeness (QED) is 0.471. The van der Waals surface area contributed by atoms with Crippen molar-refractivity contribution in [3.05, 3.63) is 47.8 Å². The molecule has 0 spiro atoms. The molecule has 0 unspecified atom stereocenters. The molecule has 1 aromatic carbocycles. The molecule has 1 N–H and O–H groups in total. The van der Waals surface area contributed by atoms with Crippen molar-refractivity contribution in [2.45, 2.75) is 13.1 Å². The summed E-state index contributed by atoms with van der Waals surface area (Å²) in [4.78, 5) is 6.44. The van der Waals surface area contributed by atoms with Crippen LogP contribution in [0.1, 0.15) is 11.3 Å². The number of aliphatic imine (C=N–C) groups is 1. The first-order valence-corrected chi connectivity index (χ1v) is 8.34. The molecule has 0 radical (unpaired) electrons. The van der Waals surface area contributed by atoms with Crippen LogP contribution in [0.4, 0.5) is 0 Å². The monoisotopic (exact) mass is 354 g/mol. The number of hydrogen-bond donors (Lipinski definition) is 1. The normalized spacial score (nSPS) is 11.0. The van der Waals surface area contributed by atoms with Crippen LogP contribution in [0.3, 0.4) is 0 Å². The number of aryl methyl sites for hydroxylation is 1. The van der Waals surface area contributed by atoms with Gasteiger partial charge in [0.25, 0.3) is 0 Å². The molecule has 1 heterocycles. The van der Waals surface area contributed by atoms with Gasteiger partial charge >= 0.3 is 0 Å². The molecule has 0 atom stereocenters. The Morgan fingerprint density at radius 3 is 2.77 bits per heavy atom. The third kappa shape index (κ3) is 4.96. The predicted molar refractivity (Wildman–Crippen MR) is 104 cm³/mol. The molecule has 0 fully saturated rings. The van der Waals surface area contributed by atoms with E-state index in [1.165, 1.54) is 5.69 Å². The van der Waals surface area contributed by atoms with E-state index in [-0.39, 0.29) is 6.61 Å². The van der Waals surface area contributed by atoms with E-state index in [0.29, 0.717) is 18.0 Å². The van der Waals surface area contributed by atoms with E-state index in [0.717, 1.165) is 18.1 Å². The van der Waals surface area contributed by atoms with E-state index in [1.807, 2.05) is 44.6 Å². The van der Waals surface area contributed by atoms with Crippen molar-refractivity contribution >= 4 is 5.96 Å². The standard InChI is InChI=1S/C20H26N4O2/c1-6-12-26-19-13-16(9-10-18(19)25-5)14-22-20(21-2)24(4)15-17-8-7-11-23(17)3/h1,7-11,13H,12,14-15H2,2-5H3,(H,21,22). The van der Waals surface area contributed by atoms with Crippen LogP contribution in [0.2, 0.25) is 0 Å². The lowest BCUT2D eigenvalue weighted by molar-refractivity contribution is 0.330. The number of hydrogen-bond acceptors (Lipinski definition) is 3. The summed E-state index contributed by atoms with van der Waals surface area (Å²) in [6.45, 7) is 1.58. The number of nitrogens with one attached hydrogen (secondary N) is 1. The molecule has 6 heteroatoms. The largest absolute Gasteiger partial charge is 0.493 e. The molecule has 0 amide bonds. The Hall–Kier alpha value is -3.07. The number of nitrogens with zero attached hydrogens (tertiary/aromatic N) is 3. The lowest BCUT2D eigenvalue weighted by atomic mass is 10.2. The number of aromatic nitrogens is 1. The molecule has 0 saturated heterocycles. The number of benzene rings is 1. The molecule has 1 aromatic heterocycles. The molecular formula is C20H26N4O2. The summed E-state index contributed by atoms with van der Waals surface area (Å²) in [6, 6.07) is 9.92. The van der Waals surface area contributed by atoms with E-state index in [2.05, 4.69) is 31.8 Å². The minimum atomic E-state index is 0.203. The zero-order valence-corrected chi connectivity index (χ0v) is 15.8. The first-order valence-electron chi connectivity index (χ1n) is 8.34. The SMILES string of the molecule is C#CCOc1cc(CNC(=NC)N(C)Cc2cccn2C)ccc1OC. The molecule has 6 nitrogen and oxygen atoms in total. The van der Waals surface area contributed by atoms with Crippen LogP contribution in [-0.4, -0.2) is 43.2 Å². The summed E-state index contributed by atoms with van der Waals surface area (Å²) >= 11 is 0. The fraction of sp³-hybridized carbons (Fsp3) is 0.350. The van der Waals surface area contributed by atoms with Gasteiger partial charge in [-0.1, -0.05) is 12.0 Å². The zero-order valence-electron chi connectivity index (χ0n) is 15.8. The van der Waals surface area contributed by atoms with E-state index in [1.54, 1.807) is 14.2 Å². The third-order valence-electron chi connectivity index (χ3n) is 4.01. The highest BCUT2D eigenvalue weighted by atomic mass is 16.5. The maximum atomic E-state index is 5.55. The fourth-order valence-corrected chi connectivity index (χ4v) is 2.61. The van der Waals surface area contributed by atoms with Crippen molar-refractivity contribution in [2.24, 2.45) is 12.0 Å². The van der Waals surface area contributed by atoms with Crippen molar-refractivity contribution < 1.29 is 9.47 Å². The first kappa shape index (κ1) is 19.3. The van der Waals surface area contributed by atoms with Gasteiger partial charge in [0.2, 0.25) is 0 Å². The second-order valence-corrected chi connectivity index (χ2v) is 5.85. The van der Waals surface area contributed by atoms with Crippen molar-refractivity contribution in [3.8, 4) is 23.8 Å². The van der Waals surface area contributed by atoms with Crippen LogP contribution in [-0.2, 0) is 20.1 Å². The van der Waals surface area contributed by atoms with Crippen LogP contribution < -0.4 is 14.8 Å². The average Bonchev–Trinajstić information content (AvgIpc) is 3.05. The second-order valence-electron chi connectivity index (χ2n) is 5.85. The maximum absolute atomic E-state index is 5.55. The number of rotatable bonds is 7. The minimum Gasteiger partial charge on any atom is -0.493 e. The van der Waals surface area contributed by atoms with Gasteiger partial charge in [-0.2, -0.15) is 0 Å². The third-order valence-corrected chi connectivity index (χ3v) is 4.01. The van der Waals surface area contributed by atoms with Crippen LogP contribution >= 0.6 is 0 Å². The lowest BCUT2D eigenvalue weighted by Crippen LogP contribution is -2.38. The van der Waals surface area contributed by atoms with Crippen LogP contribution in [0, 0.1) is 12.3 Å². The lowest BCUT2D eigenvalue weighted by Gasteiger charge is -2.22. The number of terminal acetylenes is 1. The van der Waals surface area contributed by atoms with Gasteiger partial charge in [-0.15, -0.1) is 6.42 Å². The predicted octanol–water partition coefficient (Wildman–Crippen LogP) is 2.25. The maximum Gasteiger partial charge on any atom is 0.194 e.